The molecule has 0 unspecified atom stereocenters. The second-order valence-corrected chi connectivity index (χ2v) is 12.4. The van der Waals surface area contributed by atoms with Gasteiger partial charge in [0.05, 0.1) is 5.41 Å². The Kier molecular flexibility index (Phi) is 5.75. The van der Waals surface area contributed by atoms with E-state index in [0.29, 0.717) is 17.5 Å². The zero-order valence-electron chi connectivity index (χ0n) is 25.8. The van der Waals surface area contributed by atoms with Crippen LogP contribution in [-0.2, 0) is 5.41 Å². The van der Waals surface area contributed by atoms with Gasteiger partial charge in [0.25, 0.3) is 0 Å². The van der Waals surface area contributed by atoms with E-state index in [1.807, 2.05) is 30.3 Å². The Morgan fingerprint density at radius 1 is 0.375 bits per heavy atom. The lowest BCUT2D eigenvalue weighted by atomic mass is 9.66. The lowest BCUT2D eigenvalue weighted by Crippen LogP contribution is -2.32. The number of hydrogen-bond donors (Lipinski definition) is 0. The van der Waals surface area contributed by atoms with Crippen LogP contribution in [0.25, 0.3) is 56.1 Å². The molecule has 0 bridgehead atoms. The number of para-hydroxylation sites is 2. The van der Waals surface area contributed by atoms with Crippen LogP contribution < -0.4 is 4.74 Å². The average molecular weight is 614 g/mol. The van der Waals surface area contributed by atoms with Gasteiger partial charge in [-0.15, -0.1) is 0 Å². The standard InChI is InChI=1S/C44H27N3O/c1-2-14-29(15-3-1)41-45-42(31-26-25-28-13-4-5-16-30(28)27-31)47-43(46-41)33-18-12-22-37-40(33)32-17-6-7-19-34(32)44(37)35-20-8-10-23-38(35)48-39-24-11-9-21-36(39)44/h1-27H. The predicted octanol–water partition coefficient (Wildman–Crippen LogP) is 10.5. The van der Waals surface area contributed by atoms with Crippen LogP contribution >= 0.6 is 0 Å². The molecule has 0 fully saturated rings. The van der Waals surface area contributed by atoms with Crippen LogP contribution in [0.15, 0.2) is 164 Å². The van der Waals surface area contributed by atoms with Crippen molar-refractivity contribution in [3.8, 4) is 56.8 Å². The second kappa shape index (κ2) is 10.3. The first-order chi connectivity index (χ1) is 23.8. The first-order valence-electron chi connectivity index (χ1n) is 16.2. The molecule has 224 valence electrons. The number of aromatic nitrogens is 3. The third kappa shape index (κ3) is 3.80. The summed E-state index contributed by atoms with van der Waals surface area (Å²) in [5.74, 6) is 3.67. The molecule has 0 radical (unpaired) electrons. The highest BCUT2D eigenvalue weighted by atomic mass is 16.5. The highest BCUT2D eigenvalue weighted by molar-refractivity contribution is 5.96. The Morgan fingerprint density at radius 3 is 1.71 bits per heavy atom. The predicted molar refractivity (Wildman–Crippen MR) is 191 cm³/mol. The minimum absolute atomic E-state index is 0.566. The van der Waals surface area contributed by atoms with E-state index in [4.69, 9.17) is 19.7 Å². The van der Waals surface area contributed by atoms with Crippen molar-refractivity contribution >= 4 is 10.8 Å². The molecule has 1 aromatic heterocycles. The minimum atomic E-state index is -0.566. The normalized spacial score (nSPS) is 13.3. The summed E-state index contributed by atoms with van der Waals surface area (Å²) >= 11 is 0. The molecule has 0 amide bonds. The molecule has 2 aliphatic rings. The molecule has 8 aromatic rings. The van der Waals surface area contributed by atoms with E-state index in [0.717, 1.165) is 50.3 Å². The highest BCUT2D eigenvalue weighted by Gasteiger charge is 2.51. The number of fused-ring (bicyclic) bond motifs is 10. The zero-order valence-corrected chi connectivity index (χ0v) is 25.8. The summed E-state index contributed by atoms with van der Waals surface area (Å²) in [4.78, 5) is 15.5. The van der Waals surface area contributed by atoms with Crippen LogP contribution in [0.5, 0.6) is 11.5 Å². The van der Waals surface area contributed by atoms with Crippen molar-refractivity contribution < 1.29 is 4.74 Å². The number of benzene rings is 7. The van der Waals surface area contributed by atoms with E-state index in [2.05, 4.69) is 133 Å². The monoisotopic (exact) mass is 613 g/mol. The summed E-state index contributed by atoms with van der Waals surface area (Å²) in [7, 11) is 0. The maximum atomic E-state index is 6.54. The van der Waals surface area contributed by atoms with Gasteiger partial charge in [-0.2, -0.15) is 0 Å². The molecule has 4 nitrogen and oxygen atoms in total. The maximum Gasteiger partial charge on any atom is 0.164 e. The van der Waals surface area contributed by atoms with Crippen LogP contribution in [0.4, 0.5) is 0 Å². The van der Waals surface area contributed by atoms with Gasteiger partial charge in [0, 0.05) is 27.8 Å². The first kappa shape index (κ1) is 26.8. The Morgan fingerprint density at radius 2 is 0.938 bits per heavy atom. The quantitative estimate of drug-likeness (QED) is 0.199. The molecule has 1 aliphatic heterocycles. The third-order valence-electron chi connectivity index (χ3n) is 9.79. The van der Waals surface area contributed by atoms with Crippen molar-refractivity contribution in [2.24, 2.45) is 0 Å². The largest absolute Gasteiger partial charge is 0.457 e. The number of rotatable bonds is 3. The van der Waals surface area contributed by atoms with E-state index in [1.54, 1.807) is 0 Å². The number of ether oxygens (including phenoxy) is 1. The summed E-state index contributed by atoms with van der Waals surface area (Å²) in [6, 6.07) is 57.1. The molecule has 10 rings (SSSR count). The van der Waals surface area contributed by atoms with Crippen LogP contribution in [-0.4, -0.2) is 15.0 Å². The van der Waals surface area contributed by atoms with Crippen LogP contribution in [0.2, 0.25) is 0 Å². The summed E-state index contributed by atoms with van der Waals surface area (Å²) in [6.07, 6.45) is 0. The molecule has 48 heavy (non-hydrogen) atoms. The first-order valence-corrected chi connectivity index (χ1v) is 16.2. The van der Waals surface area contributed by atoms with Gasteiger partial charge < -0.3 is 4.74 Å². The minimum Gasteiger partial charge on any atom is -0.457 e. The van der Waals surface area contributed by atoms with Crippen LogP contribution in [0, 0.1) is 0 Å². The molecule has 0 saturated carbocycles. The molecule has 0 saturated heterocycles. The fourth-order valence-electron chi connectivity index (χ4n) is 7.76. The van der Waals surface area contributed by atoms with Crippen LogP contribution in [0.3, 0.4) is 0 Å². The Bertz CT molecular complexity index is 2510. The molecule has 7 aromatic carbocycles. The zero-order chi connectivity index (χ0) is 31.7. The summed E-state index contributed by atoms with van der Waals surface area (Å²) in [6.45, 7) is 0. The Labute approximate surface area is 278 Å². The van der Waals surface area contributed by atoms with Crippen molar-refractivity contribution in [1.29, 1.82) is 0 Å². The van der Waals surface area contributed by atoms with E-state index in [-0.39, 0.29) is 0 Å². The second-order valence-electron chi connectivity index (χ2n) is 12.4. The fourth-order valence-corrected chi connectivity index (χ4v) is 7.76. The topological polar surface area (TPSA) is 47.9 Å². The van der Waals surface area contributed by atoms with E-state index >= 15 is 0 Å². The van der Waals surface area contributed by atoms with Gasteiger partial charge in [0.1, 0.15) is 11.5 Å². The van der Waals surface area contributed by atoms with Gasteiger partial charge in [-0.25, -0.2) is 15.0 Å². The molecule has 0 N–H and O–H groups in total. The summed E-state index contributed by atoms with van der Waals surface area (Å²) in [5, 5.41) is 2.32. The Balaban J connectivity index is 1.27. The van der Waals surface area contributed by atoms with Gasteiger partial charge >= 0.3 is 0 Å². The van der Waals surface area contributed by atoms with Crippen molar-refractivity contribution in [3.05, 3.63) is 186 Å². The van der Waals surface area contributed by atoms with Crippen molar-refractivity contribution in [2.75, 3.05) is 0 Å². The maximum absolute atomic E-state index is 6.54. The van der Waals surface area contributed by atoms with Gasteiger partial charge in [0.15, 0.2) is 17.5 Å². The lowest BCUT2D eigenvalue weighted by Gasteiger charge is -2.39. The smallest absolute Gasteiger partial charge is 0.164 e. The molecule has 4 heteroatoms. The summed E-state index contributed by atoms with van der Waals surface area (Å²) in [5.41, 5.74) is 9.28. The van der Waals surface area contributed by atoms with Gasteiger partial charge in [0.2, 0.25) is 0 Å². The molecule has 1 spiro atoms. The third-order valence-corrected chi connectivity index (χ3v) is 9.79. The van der Waals surface area contributed by atoms with Gasteiger partial charge in [-0.1, -0.05) is 146 Å². The molecular formula is C44H27N3O. The van der Waals surface area contributed by atoms with Crippen molar-refractivity contribution in [3.63, 3.8) is 0 Å². The Hall–Kier alpha value is -6.39. The number of hydrogen-bond acceptors (Lipinski definition) is 4. The lowest BCUT2D eigenvalue weighted by molar-refractivity contribution is 0.436. The van der Waals surface area contributed by atoms with E-state index < -0.39 is 5.41 Å². The average Bonchev–Trinajstić information content (AvgIpc) is 3.46. The molecule has 1 aliphatic carbocycles. The molecule has 2 heterocycles. The van der Waals surface area contributed by atoms with E-state index in [1.165, 1.54) is 22.1 Å². The van der Waals surface area contributed by atoms with Gasteiger partial charge in [-0.05, 0) is 51.2 Å². The van der Waals surface area contributed by atoms with Crippen molar-refractivity contribution in [2.45, 2.75) is 5.41 Å². The van der Waals surface area contributed by atoms with E-state index in [9.17, 15) is 0 Å². The van der Waals surface area contributed by atoms with Crippen molar-refractivity contribution in [1.82, 2.24) is 15.0 Å². The summed E-state index contributed by atoms with van der Waals surface area (Å²) < 4.78 is 6.54. The highest BCUT2D eigenvalue weighted by Crippen LogP contribution is 2.63. The SMILES string of the molecule is c1ccc(-c2nc(-c3ccc4ccccc4c3)nc(-c3cccc4c3-c3ccccc3C43c4ccccc4Oc4ccccc43)n2)cc1. The number of nitrogens with zero attached hydrogens (tertiary/aromatic N) is 3. The molecular weight excluding hydrogens is 587 g/mol. The van der Waals surface area contributed by atoms with Gasteiger partial charge in [-0.3, -0.25) is 0 Å². The fraction of sp³-hybridized carbons (Fsp3) is 0.0227. The molecule has 0 atom stereocenters. The van der Waals surface area contributed by atoms with Crippen LogP contribution in [0.1, 0.15) is 22.3 Å².